The van der Waals surface area contributed by atoms with Crippen LogP contribution in [0.15, 0.2) is 42.5 Å². The first-order valence-corrected chi connectivity index (χ1v) is 13.0. The van der Waals surface area contributed by atoms with Gasteiger partial charge in [0.2, 0.25) is 5.91 Å². The average Bonchev–Trinajstić information content (AvgIpc) is 3.40. The van der Waals surface area contributed by atoms with Crippen LogP contribution >= 0.6 is 0 Å². The van der Waals surface area contributed by atoms with Crippen molar-refractivity contribution in [3.63, 3.8) is 0 Å². The van der Waals surface area contributed by atoms with Gasteiger partial charge < -0.3 is 15.0 Å². The van der Waals surface area contributed by atoms with Crippen molar-refractivity contribution in [1.29, 1.82) is 0 Å². The minimum Gasteiger partial charge on any atom is -0.467 e. The van der Waals surface area contributed by atoms with Crippen molar-refractivity contribution in [2.75, 3.05) is 20.2 Å². The van der Waals surface area contributed by atoms with E-state index in [1.807, 2.05) is 0 Å². The van der Waals surface area contributed by atoms with E-state index in [0.717, 1.165) is 12.0 Å². The quantitative estimate of drug-likeness (QED) is 0.587. The molecule has 2 aromatic rings. The summed E-state index contributed by atoms with van der Waals surface area (Å²) in [6, 6.07) is 8.78. The van der Waals surface area contributed by atoms with Gasteiger partial charge in [-0.2, -0.15) is 8.78 Å². The first-order chi connectivity index (χ1) is 16.9. The van der Waals surface area contributed by atoms with Gasteiger partial charge in [-0.15, -0.1) is 0 Å². The number of methoxy groups -OCH3 is 1. The summed E-state index contributed by atoms with van der Waals surface area (Å²) in [5.41, 5.74) is 0.314. The van der Waals surface area contributed by atoms with Crippen molar-refractivity contribution in [2.24, 2.45) is 0 Å². The first-order valence-electron chi connectivity index (χ1n) is 11.4. The molecule has 4 rings (SSSR count). The van der Waals surface area contributed by atoms with E-state index >= 15 is 0 Å². The number of carbonyl (C=O) groups excluding carboxylic acids is 3. The van der Waals surface area contributed by atoms with Gasteiger partial charge in [0, 0.05) is 23.2 Å². The number of ether oxygens (including phenoxy) is 1. The number of fused-ring (bicyclic) bond motifs is 3. The number of carbonyl (C=O) groups is 3. The molecule has 0 radical (unpaired) electrons. The topological polar surface area (TPSA) is 110 Å². The number of amides is 2. The molecule has 0 aromatic heterocycles. The van der Waals surface area contributed by atoms with Gasteiger partial charge in [-0.1, -0.05) is 30.3 Å². The van der Waals surface area contributed by atoms with E-state index in [9.17, 15) is 31.6 Å². The van der Waals surface area contributed by atoms with Gasteiger partial charge in [-0.05, 0) is 43.5 Å². The molecule has 2 aliphatic rings. The largest absolute Gasteiger partial charge is 0.467 e. The fourth-order valence-corrected chi connectivity index (χ4v) is 6.32. The van der Waals surface area contributed by atoms with Crippen molar-refractivity contribution in [3.8, 4) is 11.1 Å². The molecule has 36 heavy (non-hydrogen) atoms. The van der Waals surface area contributed by atoms with Gasteiger partial charge in [-0.3, -0.25) is 9.59 Å². The lowest BCUT2D eigenvalue weighted by Crippen LogP contribution is -2.46. The highest BCUT2D eigenvalue weighted by molar-refractivity contribution is 7.92. The van der Waals surface area contributed by atoms with Crippen LogP contribution in [0, 0.1) is 0 Å². The second kappa shape index (κ2) is 9.27. The van der Waals surface area contributed by atoms with Crippen LogP contribution < -0.4 is 5.32 Å². The first kappa shape index (κ1) is 25.7. The molecule has 11 heteroatoms. The molecule has 1 aliphatic carbocycles. The Morgan fingerprint density at radius 3 is 2.44 bits per heavy atom. The lowest BCUT2D eigenvalue weighted by molar-refractivity contribution is -0.150. The molecule has 8 nitrogen and oxygen atoms in total. The molecule has 0 saturated carbocycles. The van der Waals surface area contributed by atoms with E-state index in [4.69, 9.17) is 4.74 Å². The van der Waals surface area contributed by atoms with E-state index in [1.54, 1.807) is 12.1 Å². The molecule has 2 amide bonds. The van der Waals surface area contributed by atoms with E-state index in [2.05, 4.69) is 5.32 Å². The molecule has 2 atom stereocenters. The van der Waals surface area contributed by atoms with Crippen LogP contribution in [0.2, 0.25) is 0 Å². The number of halogens is 2. The van der Waals surface area contributed by atoms with Crippen LogP contribution in [0.5, 0.6) is 0 Å². The van der Waals surface area contributed by atoms with Crippen molar-refractivity contribution in [1.82, 2.24) is 10.2 Å². The average molecular weight is 521 g/mol. The summed E-state index contributed by atoms with van der Waals surface area (Å²) in [5.74, 6) is -5.24. The van der Waals surface area contributed by atoms with Crippen LogP contribution in [0.4, 0.5) is 8.78 Å². The third-order valence-corrected chi connectivity index (χ3v) is 9.34. The highest BCUT2D eigenvalue weighted by Crippen LogP contribution is 2.50. The standard InChI is InChI=1S/C25H26F2N2O6S/c1-14(2)36(33,34)16-11-21(24(32)35-3)29(13-16)22(30)12-28-23(31)15-8-9-20-18(10-15)17-6-4-5-7-19(17)25(20,26)27/h4-10,14,16,21H,11-13H2,1-3H3,(H,28,31)/t16-,21+/m1/s1. The summed E-state index contributed by atoms with van der Waals surface area (Å²) < 4.78 is 59.5. The van der Waals surface area contributed by atoms with Crippen LogP contribution in [-0.4, -0.2) is 67.8 Å². The third-order valence-electron chi connectivity index (χ3n) is 6.75. The number of alkyl halides is 2. The van der Waals surface area contributed by atoms with E-state index < -0.39 is 56.6 Å². The Morgan fingerprint density at radius 2 is 1.78 bits per heavy atom. The highest BCUT2D eigenvalue weighted by atomic mass is 32.2. The fourth-order valence-electron chi connectivity index (χ4n) is 4.73. The molecule has 1 fully saturated rings. The Labute approximate surface area is 207 Å². The van der Waals surface area contributed by atoms with Crippen molar-refractivity contribution in [2.45, 2.75) is 42.7 Å². The normalized spacial score (nSPS) is 20.1. The molecular formula is C25H26F2N2O6S. The molecule has 2 aromatic carbocycles. The van der Waals surface area contributed by atoms with Gasteiger partial charge in [0.25, 0.3) is 11.8 Å². The zero-order valence-electron chi connectivity index (χ0n) is 20.0. The third kappa shape index (κ3) is 4.25. The molecule has 192 valence electrons. The Kier molecular flexibility index (Phi) is 6.63. The number of esters is 1. The summed E-state index contributed by atoms with van der Waals surface area (Å²) in [6.45, 7) is 2.35. The molecule has 0 spiro atoms. The summed E-state index contributed by atoms with van der Waals surface area (Å²) in [5, 5.41) is 0.828. The highest BCUT2D eigenvalue weighted by Gasteiger charge is 2.46. The SMILES string of the molecule is COC(=O)[C@@H]1C[C@@H](S(=O)(=O)C(C)C)CN1C(=O)CNC(=O)c1ccc2c(c1)-c1ccccc1C2(F)F. The summed E-state index contributed by atoms with van der Waals surface area (Å²) in [7, 11) is -2.44. The van der Waals surface area contributed by atoms with Gasteiger partial charge in [-0.25, -0.2) is 13.2 Å². The Bertz CT molecular complexity index is 1340. The number of likely N-dealkylation sites (tertiary alicyclic amines) is 1. The lowest BCUT2D eigenvalue weighted by atomic mass is 10.0. The lowest BCUT2D eigenvalue weighted by Gasteiger charge is -2.22. The predicted octanol–water partition coefficient (Wildman–Crippen LogP) is 2.50. The fraction of sp³-hybridized carbons (Fsp3) is 0.400. The Balaban J connectivity index is 1.50. The minimum absolute atomic E-state index is 0.0836. The van der Waals surface area contributed by atoms with Gasteiger partial charge in [0.05, 0.1) is 24.2 Å². The summed E-state index contributed by atoms with van der Waals surface area (Å²) in [6.07, 6.45) is -0.0919. The second-order valence-electron chi connectivity index (χ2n) is 9.14. The monoisotopic (exact) mass is 520 g/mol. The maximum absolute atomic E-state index is 14.8. The molecule has 1 aliphatic heterocycles. The van der Waals surface area contributed by atoms with Crippen LogP contribution in [0.25, 0.3) is 11.1 Å². The Morgan fingerprint density at radius 1 is 1.11 bits per heavy atom. The smallest absolute Gasteiger partial charge is 0.328 e. The van der Waals surface area contributed by atoms with E-state index in [-0.39, 0.29) is 35.2 Å². The molecule has 0 unspecified atom stereocenters. The number of nitrogens with one attached hydrogen (secondary N) is 1. The number of hydrogen-bond donors (Lipinski definition) is 1. The summed E-state index contributed by atoms with van der Waals surface area (Å²) >= 11 is 0. The van der Waals surface area contributed by atoms with Crippen molar-refractivity contribution < 1.29 is 36.3 Å². The van der Waals surface area contributed by atoms with Crippen LogP contribution in [-0.2, 0) is 30.1 Å². The second-order valence-corrected chi connectivity index (χ2v) is 11.9. The van der Waals surface area contributed by atoms with Crippen molar-refractivity contribution >= 4 is 27.6 Å². The molecular weight excluding hydrogens is 494 g/mol. The number of hydrogen-bond acceptors (Lipinski definition) is 6. The number of nitrogens with zero attached hydrogens (tertiary/aromatic N) is 1. The van der Waals surface area contributed by atoms with Crippen molar-refractivity contribution in [3.05, 3.63) is 59.2 Å². The minimum atomic E-state index is -3.58. The summed E-state index contributed by atoms with van der Waals surface area (Å²) in [4.78, 5) is 39.0. The van der Waals surface area contributed by atoms with E-state index in [0.29, 0.717) is 5.56 Å². The zero-order chi connectivity index (χ0) is 26.4. The number of sulfone groups is 1. The van der Waals surface area contributed by atoms with Gasteiger partial charge in [0.15, 0.2) is 9.84 Å². The van der Waals surface area contributed by atoms with Crippen LogP contribution in [0.1, 0.15) is 41.8 Å². The maximum Gasteiger partial charge on any atom is 0.328 e. The van der Waals surface area contributed by atoms with E-state index in [1.165, 1.54) is 44.2 Å². The van der Waals surface area contributed by atoms with Gasteiger partial charge >= 0.3 is 5.97 Å². The molecule has 0 bridgehead atoms. The molecule has 1 heterocycles. The predicted molar refractivity (Wildman–Crippen MR) is 127 cm³/mol. The molecule has 1 saturated heterocycles. The zero-order valence-corrected chi connectivity index (χ0v) is 20.8. The Hall–Kier alpha value is -3.34. The maximum atomic E-state index is 14.8. The van der Waals surface area contributed by atoms with Crippen LogP contribution in [0.3, 0.4) is 0 Å². The van der Waals surface area contributed by atoms with Gasteiger partial charge in [0.1, 0.15) is 6.04 Å². The number of rotatable bonds is 6. The number of benzene rings is 2. The molecule has 1 N–H and O–H groups in total.